The van der Waals surface area contributed by atoms with Crippen LogP contribution >= 0.6 is 0 Å². The van der Waals surface area contributed by atoms with Crippen LogP contribution in [0.4, 0.5) is 0 Å². The number of nitrogens with one attached hydrogen (secondary N) is 1. The second kappa shape index (κ2) is 7.83. The Morgan fingerprint density at radius 2 is 2.00 bits per heavy atom. The van der Waals surface area contributed by atoms with E-state index in [1.165, 1.54) is 5.56 Å². The van der Waals surface area contributed by atoms with Crippen molar-refractivity contribution in [2.45, 2.75) is 32.9 Å². The zero-order valence-corrected chi connectivity index (χ0v) is 14.2. The highest BCUT2D eigenvalue weighted by Gasteiger charge is 2.13. The molecule has 0 aliphatic heterocycles. The van der Waals surface area contributed by atoms with Crippen LogP contribution in [0, 0.1) is 6.92 Å². The van der Waals surface area contributed by atoms with Crippen molar-refractivity contribution in [3.63, 3.8) is 0 Å². The van der Waals surface area contributed by atoms with Crippen molar-refractivity contribution in [2.24, 2.45) is 0 Å². The number of nitrogens with zero attached hydrogens (tertiary/aromatic N) is 3. The van der Waals surface area contributed by atoms with E-state index in [2.05, 4.69) is 39.2 Å². The number of carbonyl (C=O) groups is 1. The summed E-state index contributed by atoms with van der Waals surface area (Å²) in [6.07, 6.45) is 4.19. The maximum absolute atomic E-state index is 11.4. The Labute approximate surface area is 137 Å². The normalized spacial score (nSPS) is 12.2. The lowest BCUT2D eigenvalue weighted by Crippen LogP contribution is -2.33. The minimum Gasteiger partial charge on any atom is -0.359 e. The molecular formula is C18H24N4O. The Balaban J connectivity index is 2.01. The molecule has 1 atom stereocenters. The van der Waals surface area contributed by atoms with Gasteiger partial charge in [-0.3, -0.25) is 9.69 Å². The van der Waals surface area contributed by atoms with E-state index in [0.717, 1.165) is 17.0 Å². The fourth-order valence-electron chi connectivity index (χ4n) is 2.34. The number of aromatic nitrogens is 2. The smallest absolute Gasteiger partial charge is 0.221 e. The first-order chi connectivity index (χ1) is 11.0. The van der Waals surface area contributed by atoms with Crippen molar-refractivity contribution in [2.75, 3.05) is 14.1 Å². The average molecular weight is 312 g/mol. The summed E-state index contributed by atoms with van der Waals surface area (Å²) in [5.41, 5.74) is 3.25. The molecule has 0 bridgehead atoms. The van der Waals surface area contributed by atoms with Gasteiger partial charge in [-0.1, -0.05) is 23.8 Å². The summed E-state index contributed by atoms with van der Waals surface area (Å²) in [4.78, 5) is 22.5. The number of aryl methyl sites for hydroxylation is 1. The van der Waals surface area contributed by atoms with Crippen LogP contribution in [-0.4, -0.2) is 40.9 Å². The maximum Gasteiger partial charge on any atom is 0.221 e. The summed E-state index contributed by atoms with van der Waals surface area (Å²) in [5, 5.41) is 2.65. The van der Waals surface area contributed by atoms with Crippen LogP contribution in [0.1, 0.15) is 24.5 Å². The number of hydrogen-bond acceptors (Lipinski definition) is 4. The van der Waals surface area contributed by atoms with E-state index in [9.17, 15) is 4.79 Å². The van der Waals surface area contributed by atoms with Crippen molar-refractivity contribution in [1.82, 2.24) is 20.2 Å². The molecule has 1 aromatic heterocycles. The molecule has 2 rings (SSSR count). The van der Waals surface area contributed by atoms with Crippen LogP contribution in [0.3, 0.4) is 0 Å². The van der Waals surface area contributed by atoms with Gasteiger partial charge in [-0.05, 0) is 27.0 Å². The van der Waals surface area contributed by atoms with E-state index >= 15 is 0 Å². The summed E-state index contributed by atoms with van der Waals surface area (Å²) in [7, 11) is 3.66. The lowest BCUT2D eigenvalue weighted by molar-refractivity contribution is -0.121. The molecule has 122 valence electrons. The first kappa shape index (κ1) is 17.1. The van der Waals surface area contributed by atoms with E-state index in [1.54, 1.807) is 7.05 Å². The molecule has 0 aliphatic rings. The molecular weight excluding hydrogens is 288 g/mol. The van der Waals surface area contributed by atoms with Gasteiger partial charge >= 0.3 is 0 Å². The van der Waals surface area contributed by atoms with Crippen molar-refractivity contribution in [3.8, 4) is 11.4 Å². The van der Waals surface area contributed by atoms with Gasteiger partial charge in [0.1, 0.15) is 0 Å². The summed E-state index contributed by atoms with van der Waals surface area (Å²) in [5.74, 6) is 0.786. The van der Waals surface area contributed by atoms with Gasteiger partial charge in [-0.25, -0.2) is 9.97 Å². The molecule has 1 unspecified atom stereocenters. The maximum atomic E-state index is 11.4. The third kappa shape index (κ3) is 4.86. The molecule has 1 heterocycles. The predicted molar refractivity (Wildman–Crippen MR) is 91.8 cm³/mol. The molecule has 23 heavy (non-hydrogen) atoms. The fraction of sp³-hybridized carbons (Fsp3) is 0.389. The molecule has 5 heteroatoms. The monoisotopic (exact) mass is 312 g/mol. The van der Waals surface area contributed by atoms with Crippen LogP contribution in [0.2, 0.25) is 0 Å². The summed E-state index contributed by atoms with van der Waals surface area (Å²) < 4.78 is 0. The number of rotatable bonds is 6. The molecule has 0 fully saturated rings. The summed E-state index contributed by atoms with van der Waals surface area (Å²) >= 11 is 0. The number of carbonyl (C=O) groups excluding carboxylic acids is 1. The highest BCUT2D eigenvalue weighted by Crippen LogP contribution is 2.16. The quantitative estimate of drug-likeness (QED) is 0.890. The number of amides is 1. The van der Waals surface area contributed by atoms with Crippen molar-refractivity contribution >= 4 is 5.91 Å². The molecule has 0 saturated carbocycles. The van der Waals surface area contributed by atoms with Gasteiger partial charge in [0.2, 0.25) is 5.91 Å². The van der Waals surface area contributed by atoms with Crippen molar-refractivity contribution in [1.29, 1.82) is 0 Å². The van der Waals surface area contributed by atoms with E-state index in [0.29, 0.717) is 13.0 Å². The number of benzene rings is 1. The van der Waals surface area contributed by atoms with Gasteiger partial charge in [0, 0.05) is 49.6 Å². The van der Waals surface area contributed by atoms with Crippen molar-refractivity contribution in [3.05, 3.63) is 47.8 Å². The fourth-order valence-corrected chi connectivity index (χ4v) is 2.34. The zero-order chi connectivity index (χ0) is 16.8. The largest absolute Gasteiger partial charge is 0.359 e. The first-order valence-electron chi connectivity index (χ1n) is 7.78. The van der Waals surface area contributed by atoms with Gasteiger partial charge in [0.15, 0.2) is 5.82 Å². The lowest BCUT2D eigenvalue weighted by atomic mass is 10.1. The molecule has 0 aliphatic carbocycles. The number of hydrogen-bond donors (Lipinski definition) is 1. The van der Waals surface area contributed by atoms with Crippen LogP contribution in [-0.2, 0) is 11.3 Å². The molecule has 1 N–H and O–H groups in total. The second-order valence-electron chi connectivity index (χ2n) is 5.93. The van der Waals surface area contributed by atoms with Crippen LogP contribution < -0.4 is 5.32 Å². The lowest BCUT2D eigenvalue weighted by Gasteiger charge is -2.23. The average Bonchev–Trinajstić information content (AvgIpc) is 2.55. The first-order valence-corrected chi connectivity index (χ1v) is 7.78. The van der Waals surface area contributed by atoms with Crippen LogP contribution in [0.25, 0.3) is 11.4 Å². The minimum atomic E-state index is 0.0513. The van der Waals surface area contributed by atoms with E-state index in [4.69, 9.17) is 0 Å². The summed E-state index contributed by atoms with van der Waals surface area (Å²) in [6.45, 7) is 4.81. The van der Waals surface area contributed by atoms with Gasteiger partial charge in [-0.2, -0.15) is 0 Å². The topological polar surface area (TPSA) is 58.1 Å². The van der Waals surface area contributed by atoms with Crippen LogP contribution in [0.5, 0.6) is 0 Å². The molecule has 5 nitrogen and oxygen atoms in total. The Kier molecular flexibility index (Phi) is 5.82. The van der Waals surface area contributed by atoms with E-state index in [1.807, 2.05) is 38.5 Å². The molecule has 1 amide bonds. The van der Waals surface area contributed by atoms with E-state index < -0.39 is 0 Å². The Morgan fingerprint density at radius 3 is 2.61 bits per heavy atom. The minimum absolute atomic E-state index is 0.0513. The molecule has 0 radical (unpaired) electrons. The zero-order valence-electron chi connectivity index (χ0n) is 14.2. The Morgan fingerprint density at radius 1 is 1.30 bits per heavy atom. The van der Waals surface area contributed by atoms with Gasteiger partial charge < -0.3 is 5.32 Å². The summed E-state index contributed by atoms with van der Waals surface area (Å²) in [6, 6.07) is 8.31. The SMILES string of the molecule is CNC(=O)CC(C)N(C)Cc1cnc(-c2cccc(C)c2)nc1. The van der Waals surface area contributed by atoms with Gasteiger partial charge in [0.05, 0.1) is 0 Å². The molecule has 2 aromatic rings. The second-order valence-corrected chi connectivity index (χ2v) is 5.93. The highest BCUT2D eigenvalue weighted by atomic mass is 16.1. The van der Waals surface area contributed by atoms with Crippen LogP contribution in [0.15, 0.2) is 36.7 Å². The standard InChI is InChI=1S/C18H24N4O/c1-13-6-5-7-16(8-13)18-20-10-15(11-21-18)12-22(4)14(2)9-17(23)19-3/h5-8,10-11,14H,9,12H2,1-4H3,(H,19,23). The van der Waals surface area contributed by atoms with E-state index in [-0.39, 0.29) is 11.9 Å². The highest BCUT2D eigenvalue weighted by molar-refractivity contribution is 5.76. The third-order valence-corrected chi connectivity index (χ3v) is 3.93. The Bertz CT molecular complexity index is 654. The van der Waals surface area contributed by atoms with Crippen molar-refractivity contribution < 1.29 is 4.79 Å². The predicted octanol–water partition coefficient (Wildman–Crippen LogP) is 2.41. The van der Waals surface area contributed by atoms with Gasteiger partial charge in [0.25, 0.3) is 0 Å². The molecule has 1 aromatic carbocycles. The molecule has 0 spiro atoms. The van der Waals surface area contributed by atoms with Gasteiger partial charge in [-0.15, -0.1) is 0 Å². The molecule has 0 saturated heterocycles. The third-order valence-electron chi connectivity index (χ3n) is 3.93. The Hall–Kier alpha value is -2.27.